The maximum Gasteiger partial charge on any atom is 0.254 e. The zero-order chi connectivity index (χ0) is 13.4. The maximum atomic E-state index is 12.7. The van der Waals surface area contributed by atoms with Crippen LogP contribution in [0.15, 0.2) is 22.7 Å². The lowest BCUT2D eigenvalue weighted by Gasteiger charge is -2.31. The van der Waals surface area contributed by atoms with E-state index in [-0.39, 0.29) is 5.91 Å². The Morgan fingerprint density at radius 2 is 2.00 bits per heavy atom. The first-order chi connectivity index (χ1) is 9.15. The number of likely N-dealkylation sites (tertiary alicyclic amines) is 1. The van der Waals surface area contributed by atoms with E-state index >= 15 is 0 Å². The number of amides is 1. The summed E-state index contributed by atoms with van der Waals surface area (Å²) in [5.74, 6) is 0.865. The van der Waals surface area contributed by atoms with Gasteiger partial charge in [-0.2, -0.15) is 0 Å². The highest BCUT2D eigenvalue weighted by Gasteiger charge is 2.38. The second-order valence-corrected chi connectivity index (χ2v) is 6.59. The molecule has 2 aliphatic rings. The highest BCUT2D eigenvalue weighted by Crippen LogP contribution is 2.37. The maximum absolute atomic E-state index is 12.7. The molecule has 1 saturated heterocycles. The number of anilines is 1. The van der Waals surface area contributed by atoms with Crippen LogP contribution in [0.1, 0.15) is 42.5 Å². The fourth-order valence-electron chi connectivity index (χ4n) is 3.56. The minimum absolute atomic E-state index is 0.141. The molecule has 3 nitrogen and oxygen atoms in total. The van der Waals surface area contributed by atoms with Gasteiger partial charge in [0.1, 0.15) is 0 Å². The third-order valence-corrected chi connectivity index (χ3v) is 4.90. The molecule has 0 spiro atoms. The van der Waals surface area contributed by atoms with E-state index in [4.69, 9.17) is 5.73 Å². The Hall–Kier alpha value is -1.03. The lowest BCUT2D eigenvalue weighted by Crippen LogP contribution is -2.39. The van der Waals surface area contributed by atoms with Gasteiger partial charge in [-0.15, -0.1) is 0 Å². The minimum atomic E-state index is 0.141. The van der Waals surface area contributed by atoms with Gasteiger partial charge in [0.2, 0.25) is 0 Å². The predicted molar refractivity (Wildman–Crippen MR) is 80.0 cm³/mol. The summed E-state index contributed by atoms with van der Waals surface area (Å²) in [6.07, 6.45) is 6.20. The molecule has 0 aromatic heterocycles. The second-order valence-electron chi connectivity index (χ2n) is 5.67. The van der Waals surface area contributed by atoms with Gasteiger partial charge < -0.3 is 10.6 Å². The van der Waals surface area contributed by atoms with Crippen LogP contribution in [0.3, 0.4) is 0 Å². The average molecular weight is 323 g/mol. The van der Waals surface area contributed by atoms with Gasteiger partial charge in [0.05, 0.1) is 0 Å². The summed E-state index contributed by atoms with van der Waals surface area (Å²) in [6, 6.07) is 5.93. The minimum Gasteiger partial charge on any atom is -0.399 e. The van der Waals surface area contributed by atoms with Crippen LogP contribution in [0.2, 0.25) is 0 Å². The Balaban J connectivity index is 1.83. The van der Waals surface area contributed by atoms with E-state index in [1.807, 2.05) is 12.1 Å². The summed E-state index contributed by atoms with van der Waals surface area (Å²) in [4.78, 5) is 14.7. The van der Waals surface area contributed by atoms with Gasteiger partial charge in [-0.3, -0.25) is 4.79 Å². The van der Waals surface area contributed by atoms with Gasteiger partial charge in [0.25, 0.3) is 5.91 Å². The molecule has 2 fully saturated rings. The van der Waals surface area contributed by atoms with E-state index in [0.717, 1.165) is 16.9 Å². The molecule has 0 radical (unpaired) electrons. The van der Waals surface area contributed by atoms with Crippen LogP contribution in [0.25, 0.3) is 0 Å². The molecule has 1 amide bonds. The molecule has 1 aliphatic heterocycles. The van der Waals surface area contributed by atoms with Crippen LogP contribution in [0, 0.1) is 5.92 Å². The SMILES string of the molecule is Nc1cc(Br)cc(C(=O)N2CCC3CCCCC32)c1. The van der Waals surface area contributed by atoms with Crippen molar-refractivity contribution in [3.8, 4) is 0 Å². The lowest BCUT2D eigenvalue weighted by molar-refractivity contribution is 0.0690. The van der Waals surface area contributed by atoms with Gasteiger partial charge in [0.15, 0.2) is 0 Å². The van der Waals surface area contributed by atoms with Crippen LogP contribution in [0.4, 0.5) is 5.69 Å². The predicted octanol–water partition coefficient (Wildman–Crippen LogP) is 3.44. The third kappa shape index (κ3) is 2.50. The number of rotatable bonds is 1. The zero-order valence-electron chi connectivity index (χ0n) is 10.9. The van der Waals surface area contributed by atoms with Gasteiger partial charge in [-0.05, 0) is 43.4 Å². The van der Waals surface area contributed by atoms with E-state index in [9.17, 15) is 4.79 Å². The van der Waals surface area contributed by atoms with Gasteiger partial charge in [-0.25, -0.2) is 0 Å². The van der Waals surface area contributed by atoms with Crippen molar-refractivity contribution in [1.82, 2.24) is 4.90 Å². The molecule has 1 aromatic carbocycles. The summed E-state index contributed by atoms with van der Waals surface area (Å²) in [6.45, 7) is 0.903. The van der Waals surface area contributed by atoms with E-state index < -0.39 is 0 Å². The zero-order valence-corrected chi connectivity index (χ0v) is 12.5. The van der Waals surface area contributed by atoms with Gasteiger partial charge in [0, 0.05) is 28.3 Å². The fourth-order valence-corrected chi connectivity index (χ4v) is 4.07. The smallest absolute Gasteiger partial charge is 0.254 e. The molecule has 1 aliphatic carbocycles. The third-order valence-electron chi connectivity index (χ3n) is 4.44. The number of halogens is 1. The van der Waals surface area contributed by atoms with Crippen LogP contribution in [-0.2, 0) is 0 Å². The van der Waals surface area contributed by atoms with Crippen molar-refractivity contribution < 1.29 is 4.79 Å². The first-order valence-electron chi connectivity index (χ1n) is 7.02. The number of hydrogen-bond acceptors (Lipinski definition) is 2. The number of fused-ring (bicyclic) bond motifs is 1. The van der Waals surface area contributed by atoms with E-state index in [2.05, 4.69) is 20.8 Å². The van der Waals surface area contributed by atoms with Crippen molar-refractivity contribution in [1.29, 1.82) is 0 Å². The van der Waals surface area contributed by atoms with Crippen molar-refractivity contribution in [3.63, 3.8) is 0 Å². The molecule has 2 atom stereocenters. The topological polar surface area (TPSA) is 46.3 Å². The van der Waals surface area contributed by atoms with E-state index in [0.29, 0.717) is 17.3 Å². The normalized spacial score (nSPS) is 26.3. The second kappa shape index (κ2) is 5.16. The molecule has 4 heteroatoms. The molecular weight excluding hydrogens is 304 g/mol. The molecular formula is C15H19BrN2O. The first-order valence-corrected chi connectivity index (χ1v) is 7.81. The Morgan fingerprint density at radius 1 is 1.21 bits per heavy atom. The van der Waals surface area contributed by atoms with Crippen LogP contribution < -0.4 is 5.73 Å². The number of carbonyl (C=O) groups is 1. The fraction of sp³-hybridized carbons (Fsp3) is 0.533. The van der Waals surface area contributed by atoms with Crippen molar-refractivity contribution in [2.75, 3.05) is 12.3 Å². The van der Waals surface area contributed by atoms with Crippen LogP contribution in [-0.4, -0.2) is 23.4 Å². The number of nitrogens with two attached hydrogens (primary N) is 1. The molecule has 3 rings (SSSR count). The van der Waals surface area contributed by atoms with Gasteiger partial charge in [-0.1, -0.05) is 28.8 Å². The molecule has 1 aromatic rings. The molecule has 2 N–H and O–H groups in total. The van der Waals surface area contributed by atoms with E-state index in [1.54, 1.807) is 6.07 Å². The molecule has 1 heterocycles. The number of hydrogen-bond donors (Lipinski definition) is 1. The summed E-state index contributed by atoms with van der Waals surface area (Å²) >= 11 is 3.41. The number of carbonyl (C=O) groups excluding carboxylic acids is 1. The van der Waals surface area contributed by atoms with Crippen molar-refractivity contribution in [3.05, 3.63) is 28.2 Å². The van der Waals surface area contributed by atoms with Crippen molar-refractivity contribution in [2.24, 2.45) is 5.92 Å². The average Bonchev–Trinajstić information content (AvgIpc) is 2.80. The number of nitrogens with zero attached hydrogens (tertiary/aromatic N) is 1. The van der Waals surface area contributed by atoms with Crippen molar-refractivity contribution in [2.45, 2.75) is 38.1 Å². The Bertz CT molecular complexity index is 483. The Labute approximate surface area is 122 Å². The van der Waals surface area contributed by atoms with Crippen molar-refractivity contribution >= 4 is 27.5 Å². The lowest BCUT2D eigenvalue weighted by atomic mass is 9.85. The molecule has 1 saturated carbocycles. The Kier molecular flexibility index (Phi) is 3.52. The summed E-state index contributed by atoms with van der Waals surface area (Å²) < 4.78 is 0.871. The molecule has 19 heavy (non-hydrogen) atoms. The first kappa shape index (κ1) is 13.0. The number of nitrogen functional groups attached to an aromatic ring is 1. The van der Waals surface area contributed by atoms with Crippen LogP contribution >= 0.6 is 15.9 Å². The van der Waals surface area contributed by atoms with Gasteiger partial charge >= 0.3 is 0 Å². The number of benzene rings is 1. The quantitative estimate of drug-likeness (QED) is 0.805. The summed E-state index contributed by atoms with van der Waals surface area (Å²) in [5, 5.41) is 0. The van der Waals surface area contributed by atoms with Crippen LogP contribution in [0.5, 0.6) is 0 Å². The Morgan fingerprint density at radius 3 is 2.79 bits per heavy atom. The summed E-state index contributed by atoms with van der Waals surface area (Å²) in [7, 11) is 0. The molecule has 102 valence electrons. The molecule has 2 unspecified atom stereocenters. The standard InChI is InChI=1S/C15H19BrN2O/c16-12-7-11(8-13(17)9-12)15(19)18-6-5-10-3-1-2-4-14(10)18/h7-10,14H,1-6,17H2. The molecule has 0 bridgehead atoms. The largest absolute Gasteiger partial charge is 0.399 e. The highest BCUT2D eigenvalue weighted by atomic mass is 79.9. The van der Waals surface area contributed by atoms with E-state index in [1.165, 1.54) is 32.1 Å². The highest BCUT2D eigenvalue weighted by molar-refractivity contribution is 9.10. The summed E-state index contributed by atoms with van der Waals surface area (Å²) in [5.41, 5.74) is 7.17. The monoisotopic (exact) mass is 322 g/mol.